The third kappa shape index (κ3) is 5.30. The quantitative estimate of drug-likeness (QED) is 0.476. The molecule has 0 aliphatic heterocycles. The van der Waals surface area contributed by atoms with Gasteiger partial charge in [-0.05, 0) is 20.3 Å². The van der Waals surface area contributed by atoms with Crippen LogP contribution in [-0.4, -0.2) is 24.1 Å². The summed E-state index contributed by atoms with van der Waals surface area (Å²) in [5, 5.41) is 0. The topological polar surface area (TPSA) is 60.4 Å². The molecule has 1 unspecified atom stereocenters. The van der Waals surface area contributed by atoms with Gasteiger partial charge in [0.2, 0.25) is 0 Å². The first-order valence-corrected chi connectivity index (χ1v) is 5.21. The Morgan fingerprint density at radius 3 is 2.20 bits per heavy atom. The van der Waals surface area contributed by atoms with Crippen LogP contribution < -0.4 is 0 Å². The van der Waals surface area contributed by atoms with Gasteiger partial charge in [-0.3, -0.25) is 14.4 Å². The van der Waals surface area contributed by atoms with E-state index in [0.29, 0.717) is 6.42 Å². The van der Waals surface area contributed by atoms with Crippen LogP contribution in [0.15, 0.2) is 0 Å². The summed E-state index contributed by atoms with van der Waals surface area (Å²) in [6.45, 7) is 5.05. The van der Waals surface area contributed by atoms with Gasteiger partial charge in [-0.15, -0.1) is 0 Å². The maximum atomic E-state index is 11.3. The summed E-state index contributed by atoms with van der Waals surface area (Å²) in [6, 6.07) is 0. The smallest absolute Gasteiger partial charge is 0.316 e. The molecule has 0 rings (SSSR count). The Kier molecular flexibility index (Phi) is 6.58. The number of esters is 1. The van der Waals surface area contributed by atoms with Gasteiger partial charge in [0.05, 0.1) is 6.61 Å². The van der Waals surface area contributed by atoms with Crippen LogP contribution in [0.3, 0.4) is 0 Å². The summed E-state index contributed by atoms with van der Waals surface area (Å²) in [7, 11) is 0. The molecule has 0 bridgehead atoms. The monoisotopic (exact) mass is 214 g/mol. The van der Waals surface area contributed by atoms with Crippen molar-refractivity contribution in [1.82, 2.24) is 0 Å². The van der Waals surface area contributed by atoms with Gasteiger partial charge in [-0.1, -0.05) is 6.92 Å². The lowest BCUT2D eigenvalue weighted by Crippen LogP contribution is -2.25. The molecule has 4 heteroatoms. The standard InChI is InChI=1S/C11H18O4/c1-4-9(13)6-7-10(8(3)12)11(14)15-5-2/h10H,4-7H2,1-3H3. The highest BCUT2D eigenvalue weighted by atomic mass is 16.5. The molecule has 0 aliphatic carbocycles. The Hall–Kier alpha value is -1.19. The number of rotatable bonds is 7. The first-order valence-electron chi connectivity index (χ1n) is 5.21. The van der Waals surface area contributed by atoms with Crippen molar-refractivity contribution in [3.63, 3.8) is 0 Å². The fourth-order valence-electron chi connectivity index (χ4n) is 1.21. The number of ketones is 2. The van der Waals surface area contributed by atoms with Crippen molar-refractivity contribution in [1.29, 1.82) is 0 Å². The van der Waals surface area contributed by atoms with Crippen molar-refractivity contribution in [2.75, 3.05) is 6.61 Å². The number of Topliss-reactive ketones (excluding diaryl/α,β-unsaturated/α-hetero) is 2. The predicted octanol–water partition coefficient (Wildman–Crippen LogP) is 1.51. The maximum absolute atomic E-state index is 11.3. The lowest BCUT2D eigenvalue weighted by molar-refractivity contribution is -0.151. The highest BCUT2D eigenvalue weighted by Crippen LogP contribution is 2.11. The lowest BCUT2D eigenvalue weighted by atomic mass is 9.97. The van der Waals surface area contributed by atoms with Gasteiger partial charge < -0.3 is 4.74 Å². The highest BCUT2D eigenvalue weighted by Gasteiger charge is 2.24. The number of ether oxygens (including phenoxy) is 1. The van der Waals surface area contributed by atoms with E-state index in [1.165, 1.54) is 6.92 Å². The zero-order valence-electron chi connectivity index (χ0n) is 9.54. The van der Waals surface area contributed by atoms with Crippen molar-refractivity contribution in [2.45, 2.75) is 40.0 Å². The molecule has 0 spiro atoms. The molecule has 0 aromatic heterocycles. The van der Waals surface area contributed by atoms with Gasteiger partial charge in [0.25, 0.3) is 0 Å². The second kappa shape index (κ2) is 7.15. The molecule has 0 aromatic rings. The molecule has 15 heavy (non-hydrogen) atoms. The number of carbonyl (C=O) groups is 3. The summed E-state index contributed by atoms with van der Waals surface area (Å²) in [5.41, 5.74) is 0. The molecule has 0 heterocycles. The predicted molar refractivity (Wildman–Crippen MR) is 55.3 cm³/mol. The van der Waals surface area contributed by atoms with Crippen molar-refractivity contribution >= 4 is 17.5 Å². The number of hydrogen-bond acceptors (Lipinski definition) is 4. The first kappa shape index (κ1) is 13.8. The summed E-state index contributed by atoms with van der Waals surface area (Å²) >= 11 is 0. The van der Waals surface area contributed by atoms with E-state index in [9.17, 15) is 14.4 Å². The van der Waals surface area contributed by atoms with Crippen molar-refractivity contribution in [2.24, 2.45) is 5.92 Å². The van der Waals surface area contributed by atoms with Crippen LogP contribution in [0.25, 0.3) is 0 Å². The van der Waals surface area contributed by atoms with Crippen molar-refractivity contribution in [3.05, 3.63) is 0 Å². The molecule has 0 aromatic carbocycles. The van der Waals surface area contributed by atoms with Gasteiger partial charge in [-0.25, -0.2) is 0 Å². The van der Waals surface area contributed by atoms with E-state index in [4.69, 9.17) is 4.74 Å². The Balaban J connectivity index is 4.22. The van der Waals surface area contributed by atoms with Gasteiger partial charge in [0.1, 0.15) is 17.5 Å². The zero-order chi connectivity index (χ0) is 11.8. The maximum Gasteiger partial charge on any atom is 0.316 e. The molecular weight excluding hydrogens is 196 g/mol. The van der Waals surface area contributed by atoms with Crippen LogP contribution in [0.5, 0.6) is 0 Å². The summed E-state index contributed by atoms with van der Waals surface area (Å²) in [5.74, 6) is -1.47. The third-order valence-electron chi connectivity index (χ3n) is 2.17. The van der Waals surface area contributed by atoms with Gasteiger partial charge in [-0.2, -0.15) is 0 Å². The first-order chi connectivity index (χ1) is 7.02. The molecule has 1 atom stereocenters. The minimum atomic E-state index is -0.777. The van der Waals surface area contributed by atoms with E-state index in [-0.39, 0.29) is 31.0 Å². The lowest BCUT2D eigenvalue weighted by Gasteiger charge is -2.11. The van der Waals surface area contributed by atoms with Crippen molar-refractivity contribution < 1.29 is 19.1 Å². The molecule has 0 N–H and O–H groups in total. The summed E-state index contributed by atoms with van der Waals surface area (Å²) in [6.07, 6.45) is 0.966. The molecule has 0 fully saturated rings. The molecule has 4 nitrogen and oxygen atoms in total. The van der Waals surface area contributed by atoms with Crippen molar-refractivity contribution in [3.8, 4) is 0 Å². The second-order valence-electron chi connectivity index (χ2n) is 3.35. The molecule has 0 saturated heterocycles. The minimum Gasteiger partial charge on any atom is -0.465 e. The zero-order valence-corrected chi connectivity index (χ0v) is 9.54. The Morgan fingerprint density at radius 1 is 1.20 bits per heavy atom. The Bertz CT molecular complexity index is 245. The molecule has 0 aliphatic rings. The Labute approximate surface area is 90.0 Å². The van der Waals surface area contributed by atoms with E-state index in [1.54, 1.807) is 13.8 Å². The van der Waals surface area contributed by atoms with Gasteiger partial charge in [0.15, 0.2) is 0 Å². The van der Waals surface area contributed by atoms with Gasteiger partial charge >= 0.3 is 5.97 Å². The number of hydrogen-bond donors (Lipinski definition) is 0. The summed E-state index contributed by atoms with van der Waals surface area (Å²) < 4.78 is 4.76. The fourth-order valence-corrected chi connectivity index (χ4v) is 1.21. The van der Waals surface area contributed by atoms with Crippen LogP contribution >= 0.6 is 0 Å². The van der Waals surface area contributed by atoms with Crippen LogP contribution in [0.2, 0.25) is 0 Å². The van der Waals surface area contributed by atoms with E-state index in [2.05, 4.69) is 0 Å². The normalized spacial score (nSPS) is 11.9. The second-order valence-corrected chi connectivity index (χ2v) is 3.35. The molecular formula is C11H18O4. The molecule has 0 radical (unpaired) electrons. The van der Waals surface area contributed by atoms with E-state index in [1.807, 2.05) is 0 Å². The highest BCUT2D eigenvalue weighted by molar-refractivity contribution is 5.98. The summed E-state index contributed by atoms with van der Waals surface area (Å²) in [4.78, 5) is 33.5. The Morgan fingerprint density at radius 2 is 1.80 bits per heavy atom. The van der Waals surface area contributed by atoms with Gasteiger partial charge in [0, 0.05) is 12.8 Å². The largest absolute Gasteiger partial charge is 0.465 e. The average Bonchev–Trinajstić information content (AvgIpc) is 2.17. The average molecular weight is 214 g/mol. The SMILES string of the molecule is CCOC(=O)C(CCC(=O)CC)C(C)=O. The molecule has 86 valence electrons. The van der Waals surface area contributed by atoms with Crippen LogP contribution in [0, 0.1) is 5.92 Å². The minimum absolute atomic E-state index is 0.0607. The van der Waals surface area contributed by atoms with Crippen LogP contribution in [0.4, 0.5) is 0 Å². The molecule has 0 amide bonds. The van der Waals surface area contributed by atoms with E-state index >= 15 is 0 Å². The van der Waals surface area contributed by atoms with Crippen LogP contribution in [-0.2, 0) is 19.1 Å². The molecule has 0 saturated carbocycles. The van der Waals surface area contributed by atoms with E-state index in [0.717, 1.165) is 0 Å². The van der Waals surface area contributed by atoms with Crippen LogP contribution in [0.1, 0.15) is 40.0 Å². The van der Waals surface area contributed by atoms with E-state index < -0.39 is 11.9 Å². The third-order valence-corrected chi connectivity index (χ3v) is 2.17. The fraction of sp³-hybridized carbons (Fsp3) is 0.727. The number of carbonyl (C=O) groups excluding carboxylic acids is 3.